The lowest BCUT2D eigenvalue weighted by Gasteiger charge is -2.30. The molecule has 0 spiro atoms. The van der Waals surface area contributed by atoms with Crippen molar-refractivity contribution in [1.29, 1.82) is 0 Å². The molecular formula is C14H25NO3. The Bertz CT molecular complexity index is 280. The summed E-state index contributed by atoms with van der Waals surface area (Å²) in [6.45, 7) is 6.86. The first kappa shape index (κ1) is 15.2. The molecule has 1 rings (SSSR count). The molecule has 4 nitrogen and oxygen atoms in total. The summed E-state index contributed by atoms with van der Waals surface area (Å²) in [7, 11) is 0. The standard InChI is InChI=1S/C14H25NO3/c1-3-9-18-10-5-7-13(17)15-12-6-4-8-14(12,2)11-16/h3,12,16H,1,4-11H2,2H3,(H,15,17). The molecule has 1 aliphatic carbocycles. The molecule has 18 heavy (non-hydrogen) atoms. The topological polar surface area (TPSA) is 58.6 Å². The monoisotopic (exact) mass is 255 g/mol. The van der Waals surface area contributed by atoms with Crippen molar-refractivity contribution in [3.05, 3.63) is 12.7 Å². The van der Waals surface area contributed by atoms with E-state index in [4.69, 9.17) is 4.74 Å². The van der Waals surface area contributed by atoms with E-state index in [9.17, 15) is 9.90 Å². The number of ether oxygens (including phenoxy) is 1. The SMILES string of the molecule is C=CCOCCCC(=O)NC1CCCC1(C)CO. The van der Waals surface area contributed by atoms with Crippen LogP contribution in [0.4, 0.5) is 0 Å². The molecule has 0 radical (unpaired) electrons. The Hall–Kier alpha value is -0.870. The van der Waals surface area contributed by atoms with Crippen molar-refractivity contribution in [2.75, 3.05) is 19.8 Å². The normalized spacial score (nSPS) is 27.1. The van der Waals surface area contributed by atoms with Crippen LogP contribution in [0.25, 0.3) is 0 Å². The summed E-state index contributed by atoms with van der Waals surface area (Å²) in [5.74, 6) is 0.0591. The van der Waals surface area contributed by atoms with Gasteiger partial charge in [0.25, 0.3) is 0 Å². The van der Waals surface area contributed by atoms with E-state index >= 15 is 0 Å². The average Bonchev–Trinajstić information content (AvgIpc) is 2.71. The Kier molecular flexibility index (Phi) is 6.36. The number of aliphatic hydroxyl groups excluding tert-OH is 1. The number of hydrogen-bond acceptors (Lipinski definition) is 3. The summed E-state index contributed by atoms with van der Waals surface area (Å²) in [6, 6.07) is 0.115. The number of nitrogens with one attached hydrogen (secondary N) is 1. The molecule has 1 saturated carbocycles. The van der Waals surface area contributed by atoms with Crippen LogP contribution in [0.3, 0.4) is 0 Å². The van der Waals surface area contributed by atoms with Gasteiger partial charge in [0, 0.05) is 24.5 Å². The van der Waals surface area contributed by atoms with Crippen molar-refractivity contribution in [3.8, 4) is 0 Å². The number of hydrogen-bond donors (Lipinski definition) is 2. The quantitative estimate of drug-likeness (QED) is 0.512. The summed E-state index contributed by atoms with van der Waals surface area (Å²) in [6.07, 6.45) is 5.93. The van der Waals surface area contributed by atoms with Crippen molar-refractivity contribution in [2.45, 2.75) is 45.1 Å². The Morgan fingerprint density at radius 1 is 1.67 bits per heavy atom. The second-order valence-corrected chi connectivity index (χ2v) is 5.29. The fourth-order valence-electron chi connectivity index (χ4n) is 2.44. The lowest BCUT2D eigenvalue weighted by Crippen LogP contribution is -2.44. The molecule has 104 valence electrons. The molecule has 0 aromatic carbocycles. The third-order valence-electron chi connectivity index (χ3n) is 3.71. The van der Waals surface area contributed by atoms with Crippen LogP contribution in [-0.4, -0.2) is 36.9 Å². The highest BCUT2D eigenvalue weighted by Crippen LogP contribution is 2.37. The smallest absolute Gasteiger partial charge is 0.220 e. The van der Waals surface area contributed by atoms with Crippen LogP contribution >= 0.6 is 0 Å². The molecule has 1 amide bonds. The predicted molar refractivity (Wildman–Crippen MR) is 71.2 cm³/mol. The lowest BCUT2D eigenvalue weighted by molar-refractivity contribution is -0.123. The molecule has 0 heterocycles. The van der Waals surface area contributed by atoms with Crippen molar-refractivity contribution in [3.63, 3.8) is 0 Å². The van der Waals surface area contributed by atoms with Gasteiger partial charge < -0.3 is 15.2 Å². The van der Waals surface area contributed by atoms with Gasteiger partial charge >= 0.3 is 0 Å². The highest BCUT2D eigenvalue weighted by Gasteiger charge is 2.38. The number of carbonyl (C=O) groups is 1. The van der Waals surface area contributed by atoms with E-state index < -0.39 is 0 Å². The van der Waals surface area contributed by atoms with Gasteiger partial charge in [0.1, 0.15) is 0 Å². The zero-order valence-electron chi connectivity index (χ0n) is 11.3. The Morgan fingerprint density at radius 3 is 3.11 bits per heavy atom. The molecule has 0 aliphatic heterocycles. The predicted octanol–water partition coefficient (Wildman–Crippen LogP) is 1.64. The van der Waals surface area contributed by atoms with E-state index in [-0.39, 0.29) is 24.0 Å². The molecule has 0 aromatic rings. The van der Waals surface area contributed by atoms with Crippen molar-refractivity contribution < 1.29 is 14.6 Å². The second-order valence-electron chi connectivity index (χ2n) is 5.29. The maximum absolute atomic E-state index is 11.8. The number of carbonyl (C=O) groups excluding carboxylic acids is 1. The summed E-state index contributed by atoms with van der Waals surface area (Å²) < 4.78 is 5.23. The third kappa shape index (κ3) is 4.42. The summed E-state index contributed by atoms with van der Waals surface area (Å²) in [4.78, 5) is 11.8. The first-order valence-corrected chi connectivity index (χ1v) is 6.71. The Labute approximate surface area is 109 Å². The molecule has 4 heteroatoms. The molecule has 0 bridgehead atoms. The minimum absolute atomic E-state index is 0.0591. The number of amides is 1. The molecule has 2 N–H and O–H groups in total. The number of aliphatic hydroxyl groups is 1. The Morgan fingerprint density at radius 2 is 2.44 bits per heavy atom. The van der Waals surface area contributed by atoms with Crippen LogP contribution < -0.4 is 5.32 Å². The van der Waals surface area contributed by atoms with Gasteiger partial charge in [0.15, 0.2) is 0 Å². The van der Waals surface area contributed by atoms with Gasteiger partial charge in [-0.1, -0.05) is 19.4 Å². The molecule has 0 saturated heterocycles. The highest BCUT2D eigenvalue weighted by molar-refractivity contribution is 5.76. The minimum Gasteiger partial charge on any atom is -0.396 e. The van der Waals surface area contributed by atoms with E-state index in [2.05, 4.69) is 11.9 Å². The largest absolute Gasteiger partial charge is 0.396 e. The van der Waals surface area contributed by atoms with Gasteiger partial charge in [-0.3, -0.25) is 4.79 Å². The van der Waals surface area contributed by atoms with Crippen LogP contribution in [0.5, 0.6) is 0 Å². The average molecular weight is 255 g/mol. The van der Waals surface area contributed by atoms with Gasteiger partial charge in [0.05, 0.1) is 13.2 Å². The maximum Gasteiger partial charge on any atom is 0.220 e. The van der Waals surface area contributed by atoms with Gasteiger partial charge in [-0.2, -0.15) is 0 Å². The van der Waals surface area contributed by atoms with Crippen molar-refractivity contribution >= 4 is 5.91 Å². The van der Waals surface area contributed by atoms with Gasteiger partial charge in [-0.05, 0) is 19.3 Å². The van der Waals surface area contributed by atoms with E-state index in [1.54, 1.807) is 6.08 Å². The van der Waals surface area contributed by atoms with E-state index in [0.717, 1.165) is 25.7 Å². The van der Waals surface area contributed by atoms with Crippen molar-refractivity contribution in [1.82, 2.24) is 5.32 Å². The lowest BCUT2D eigenvalue weighted by atomic mass is 9.86. The highest BCUT2D eigenvalue weighted by atomic mass is 16.5. The van der Waals surface area contributed by atoms with Gasteiger partial charge in [-0.25, -0.2) is 0 Å². The molecule has 2 atom stereocenters. The maximum atomic E-state index is 11.8. The molecule has 0 aromatic heterocycles. The number of rotatable bonds is 8. The van der Waals surface area contributed by atoms with E-state index in [0.29, 0.717) is 19.6 Å². The van der Waals surface area contributed by atoms with Crippen LogP contribution in [0, 0.1) is 5.41 Å². The van der Waals surface area contributed by atoms with Gasteiger partial charge in [0.2, 0.25) is 5.91 Å². The fourth-order valence-corrected chi connectivity index (χ4v) is 2.44. The van der Waals surface area contributed by atoms with Gasteiger partial charge in [-0.15, -0.1) is 6.58 Å². The zero-order chi connectivity index (χ0) is 13.4. The van der Waals surface area contributed by atoms with E-state index in [1.165, 1.54) is 0 Å². The molecule has 1 fully saturated rings. The van der Waals surface area contributed by atoms with Crippen LogP contribution in [0.15, 0.2) is 12.7 Å². The Balaban J connectivity index is 2.21. The van der Waals surface area contributed by atoms with E-state index in [1.807, 2.05) is 6.92 Å². The van der Waals surface area contributed by atoms with Crippen LogP contribution in [0.1, 0.15) is 39.0 Å². The summed E-state index contributed by atoms with van der Waals surface area (Å²) in [5, 5.41) is 12.4. The zero-order valence-corrected chi connectivity index (χ0v) is 11.3. The molecule has 2 unspecified atom stereocenters. The molecular weight excluding hydrogens is 230 g/mol. The second kappa shape index (κ2) is 7.54. The van der Waals surface area contributed by atoms with Crippen molar-refractivity contribution in [2.24, 2.45) is 5.41 Å². The summed E-state index contributed by atoms with van der Waals surface area (Å²) >= 11 is 0. The fraction of sp³-hybridized carbons (Fsp3) is 0.786. The molecule has 1 aliphatic rings. The first-order chi connectivity index (χ1) is 8.62. The summed E-state index contributed by atoms with van der Waals surface area (Å²) in [5.41, 5.74) is -0.144. The van der Waals surface area contributed by atoms with Crippen LogP contribution in [-0.2, 0) is 9.53 Å². The first-order valence-electron chi connectivity index (χ1n) is 6.71. The third-order valence-corrected chi connectivity index (χ3v) is 3.71. The minimum atomic E-state index is -0.144. The van der Waals surface area contributed by atoms with Crippen LogP contribution in [0.2, 0.25) is 0 Å².